The van der Waals surface area contributed by atoms with Gasteiger partial charge < -0.3 is 19.4 Å². The highest BCUT2D eigenvalue weighted by molar-refractivity contribution is 5.77. The molecule has 44 heavy (non-hydrogen) atoms. The molecule has 232 valence electrons. The van der Waals surface area contributed by atoms with Crippen LogP contribution in [0.25, 0.3) is 33.7 Å². The Kier molecular flexibility index (Phi) is 7.59. The van der Waals surface area contributed by atoms with Gasteiger partial charge in [0, 0.05) is 18.7 Å². The van der Waals surface area contributed by atoms with Gasteiger partial charge in [-0.05, 0) is 84.9 Å². The smallest absolute Gasteiger partial charge is 0.410 e. The average Bonchev–Trinajstić information content (AvgIpc) is 3.76. The van der Waals surface area contributed by atoms with Crippen molar-refractivity contribution in [2.45, 2.75) is 90.5 Å². The molecular weight excluding hydrogens is 558 g/mol. The molecule has 0 spiro atoms. The molecule has 3 aromatic heterocycles. The third-order valence-corrected chi connectivity index (χ3v) is 7.84. The van der Waals surface area contributed by atoms with E-state index in [1.807, 2.05) is 84.1 Å². The molecule has 0 radical (unpaired) electrons. The fourth-order valence-corrected chi connectivity index (χ4v) is 5.88. The number of aromatic nitrogens is 5. The zero-order valence-electron chi connectivity index (χ0n) is 26.3. The van der Waals surface area contributed by atoms with Gasteiger partial charge in [0.1, 0.15) is 22.9 Å². The van der Waals surface area contributed by atoms with Gasteiger partial charge in [-0.25, -0.2) is 24.5 Å². The summed E-state index contributed by atoms with van der Waals surface area (Å²) in [6.07, 6.45) is 4.66. The van der Waals surface area contributed by atoms with Gasteiger partial charge in [-0.15, -0.1) is 0 Å². The predicted molar refractivity (Wildman–Crippen MR) is 167 cm³/mol. The van der Waals surface area contributed by atoms with Crippen LogP contribution in [0.5, 0.6) is 0 Å². The number of pyridine rings is 1. The SMILES string of the molecule is CC(C)(C)OC(=O)N1CCC[C@H]1c1ncc(-c2ccc(-c3ccc4[nH]c([C@@H]5CCCN5C(=O)OC(C)(C)C)nc4n3)cc2)[nH]1. The Balaban J connectivity index is 1.17. The van der Waals surface area contributed by atoms with Gasteiger partial charge >= 0.3 is 12.2 Å². The van der Waals surface area contributed by atoms with Crippen molar-refractivity contribution in [1.82, 2.24) is 34.7 Å². The van der Waals surface area contributed by atoms with Crippen molar-refractivity contribution in [2.24, 2.45) is 0 Å². The molecule has 2 aliphatic heterocycles. The number of carbonyl (C=O) groups is 2. The Hall–Kier alpha value is -4.41. The van der Waals surface area contributed by atoms with E-state index in [0.29, 0.717) is 18.7 Å². The molecule has 2 fully saturated rings. The minimum absolute atomic E-state index is 0.131. The quantitative estimate of drug-likeness (QED) is 0.255. The summed E-state index contributed by atoms with van der Waals surface area (Å²) in [7, 11) is 0. The number of amides is 2. The topological polar surface area (TPSA) is 129 Å². The molecule has 4 aromatic rings. The van der Waals surface area contributed by atoms with Crippen LogP contribution in [0.1, 0.15) is 91.0 Å². The van der Waals surface area contributed by atoms with Crippen LogP contribution in [0.15, 0.2) is 42.6 Å². The van der Waals surface area contributed by atoms with Crippen molar-refractivity contribution in [3.8, 4) is 22.5 Å². The van der Waals surface area contributed by atoms with Crippen molar-refractivity contribution < 1.29 is 19.1 Å². The molecule has 0 bridgehead atoms. The number of fused-ring (bicyclic) bond motifs is 1. The van der Waals surface area contributed by atoms with Gasteiger partial charge in [-0.2, -0.15) is 0 Å². The first-order chi connectivity index (χ1) is 20.8. The number of ether oxygens (including phenoxy) is 2. The molecule has 11 nitrogen and oxygen atoms in total. The van der Waals surface area contributed by atoms with E-state index in [1.54, 1.807) is 9.80 Å². The molecule has 6 rings (SSSR count). The Morgan fingerprint density at radius 3 is 1.91 bits per heavy atom. The van der Waals surface area contributed by atoms with Crippen LogP contribution in [0.2, 0.25) is 0 Å². The highest BCUT2D eigenvalue weighted by atomic mass is 16.6. The Morgan fingerprint density at radius 1 is 0.750 bits per heavy atom. The highest BCUT2D eigenvalue weighted by Gasteiger charge is 2.36. The molecule has 11 heteroatoms. The maximum absolute atomic E-state index is 12.8. The minimum Gasteiger partial charge on any atom is -0.444 e. The molecule has 0 saturated carbocycles. The monoisotopic (exact) mass is 599 g/mol. The van der Waals surface area contributed by atoms with E-state index in [-0.39, 0.29) is 24.3 Å². The largest absolute Gasteiger partial charge is 0.444 e. The van der Waals surface area contributed by atoms with E-state index in [0.717, 1.165) is 65.4 Å². The number of rotatable bonds is 4. The van der Waals surface area contributed by atoms with Crippen molar-refractivity contribution in [3.63, 3.8) is 0 Å². The number of hydrogen-bond acceptors (Lipinski definition) is 7. The maximum Gasteiger partial charge on any atom is 0.410 e. The number of carbonyl (C=O) groups excluding carboxylic acids is 2. The number of H-pyrrole nitrogens is 2. The Labute approximate surface area is 257 Å². The minimum atomic E-state index is -0.553. The lowest BCUT2D eigenvalue weighted by Gasteiger charge is -2.27. The maximum atomic E-state index is 12.8. The summed E-state index contributed by atoms with van der Waals surface area (Å²) in [5.74, 6) is 1.49. The molecule has 2 amide bonds. The normalized spacial score (nSPS) is 19.1. The summed E-state index contributed by atoms with van der Waals surface area (Å²) >= 11 is 0. The van der Waals surface area contributed by atoms with Crippen molar-refractivity contribution in [1.29, 1.82) is 0 Å². The van der Waals surface area contributed by atoms with Crippen molar-refractivity contribution in [2.75, 3.05) is 13.1 Å². The highest BCUT2D eigenvalue weighted by Crippen LogP contribution is 2.35. The van der Waals surface area contributed by atoms with Crippen LogP contribution in [0.4, 0.5) is 9.59 Å². The molecule has 2 saturated heterocycles. The van der Waals surface area contributed by atoms with E-state index in [2.05, 4.69) is 15.0 Å². The standard InChI is InChI=1S/C33H41N7O4/c1-32(2,3)43-30(41)39-17-7-9-25(39)28-34-19-24(37-28)21-13-11-20(12-14-21)22-15-16-23-27(35-22)38-29(36-23)26-10-8-18-40(26)31(42)44-33(4,5)6/h11-16,19,25-26H,7-10,17-18H2,1-6H3,(H,34,37)(H,35,36,38)/t25-,26-/m0/s1. The zero-order chi connectivity index (χ0) is 31.2. The molecule has 0 aliphatic carbocycles. The fourth-order valence-electron chi connectivity index (χ4n) is 5.88. The van der Waals surface area contributed by atoms with Crippen LogP contribution in [0, 0.1) is 0 Å². The number of aromatic amines is 2. The first-order valence-corrected chi connectivity index (χ1v) is 15.4. The molecular formula is C33H41N7O4. The number of benzene rings is 1. The molecule has 0 unspecified atom stereocenters. The zero-order valence-corrected chi connectivity index (χ0v) is 26.3. The van der Waals surface area contributed by atoms with E-state index in [4.69, 9.17) is 19.4 Å². The third kappa shape index (κ3) is 6.27. The van der Waals surface area contributed by atoms with Crippen LogP contribution < -0.4 is 0 Å². The van der Waals surface area contributed by atoms with Crippen molar-refractivity contribution >= 4 is 23.4 Å². The van der Waals surface area contributed by atoms with Crippen LogP contribution in [0.3, 0.4) is 0 Å². The molecule has 5 heterocycles. The number of imidazole rings is 2. The molecule has 2 N–H and O–H groups in total. The van der Waals surface area contributed by atoms with E-state index < -0.39 is 11.2 Å². The number of likely N-dealkylation sites (tertiary alicyclic amines) is 2. The van der Waals surface area contributed by atoms with Gasteiger partial charge in [0.05, 0.1) is 35.2 Å². The van der Waals surface area contributed by atoms with Gasteiger partial charge in [0.25, 0.3) is 0 Å². The summed E-state index contributed by atoms with van der Waals surface area (Å²) < 4.78 is 11.2. The first-order valence-electron chi connectivity index (χ1n) is 15.4. The first kappa shape index (κ1) is 29.7. The summed E-state index contributed by atoms with van der Waals surface area (Å²) in [5.41, 5.74) is 3.98. The number of nitrogens with one attached hydrogen (secondary N) is 2. The number of nitrogens with zero attached hydrogens (tertiary/aromatic N) is 5. The average molecular weight is 600 g/mol. The Bertz CT molecular complexity index is 1660. The van der Waals surface area contributed by atoms with Crippen LogP contribution in [-0.2, 0) is 9.47 Å². The summed E-state index contributed by atoms with van der Waals surface area (Å²) in [6.45, 7) is 12.5. The van der Waals surface area contributed by atoms with Gasteiger partial charge in [-0.1, -0.05) is 24.3 Å². The second-order valence-corrected chi connectivity index (χ2v) is 13.6. The summed E-state index contributed by atoms with van der Waals surface area (Å²) in [4.78, 5) is 50.1. The summed E-state index contributed by atoms with van der Waals surface area (Å²) in [5, 5.41) is 0. The number of hydrogen-bond donors (Lipinski definition) is 2. The molecule has 2 atom stereocenters. The lowest BCUT2D eigenvalue weighted by Crippen LogP contribution is -2.36. The second-order valence-electron chi connectivity index (χ2n) is 13.6. The van der Waals surface area contributed by atoms with Crippen LogP contribution >= 0.6 is 0 Å². The van der Waals surface area contributed by atoms with E-state index in [9.17, 15) is 9.59 Å². The summed E-state index contributed by atoms with van der Waals surface area (Å²) in [6, 6.07) is 11.8. The van der Waals surface area contributed by atoms with E-state index >= 15 is 0 Å². The van der Waals surface area contributed by atoms with Gasteiger partial charge in [0.2, 0.25) is 0 Å². The fraction of sp³-hybridized carbons (Fsp3) is 0.485. The van der Waals surface area contributed by atoms with Crippen LogP contribution in [-0.4, -0.2) is 71.2 Å². The second kappa shape index (κ2) is 11.3. The lowest BCUT2D eigenvalue weighted by molar-refractivity contribution is 0.0208. The molecule has 1 aromatic carbocycles. The molecule has 2 aliphatic rings. The van der Waals surface area contributed by atoms with E-state index in [1.165, 1.54) is 0 Å². The lowest BCUT2D eigenvalue weighted by atomic mass is 10.1. The third-order valence-electron chi connectivity index (χ3n) is 7.84. The van der Waals surface area contributed by atoms with Gasteiger partial charge in [-0.3, -0.25) is 9.80 Å². The van der Waals surface area contributed by atoms with Crippen molar-refractivity contribution in [3.05, 3.63) is 54.2 Å². The predicted octanol–water partition coefficient (Wildman–Crippen LogP) is 7.16. The van der Waals surface area contributed by atoms with Gasteiger partial charge in [0.15, 0.2) is 5.65 Å². The Morgan fingerprint density at radius 2 is 1.32 bits per heavy atom.